The molecular formula is C16H20FNO. The van der Waals surface area contributed by atoms with Crippen LogP contribution >= 0.6 is 0 Å². The molecule has 2 fully saturated rings. The lowest BCUT2D eigenvalue weighted by Crippen LogP contribution is -2.32. The van der Waals surface area contributed by atoms with Gasteiger partial charge in [0.05, 0.1) is 12.0 Å². The molecule has 1 aliphatic heterocycles. The molecule has 1 amide bonds. The molecule has 1 saturated heterocycles. The highest BCUT2D eigenvalue weighted by atomic mass is 19.1. The first kappa shape index (κ1) is 12.6. The molecule has 0 unspecified atom stereocenters. The van der Waals surface area contributed by atoms with Crippen LogP contribution in [0.1, 0.15) is 38.3 Å². The van der Waals surface area contributed by atoms with Crippen LogP contribution in [-0.4, -0.2) is 23.5 Å². The second kappa shape index (κ2) is 4.32. The number of alkyl halides is 1. The Morgan fingerprint density at radius 3 is 2.68 bits per heavy atom. The lowest BCUT2D eigenvalue weighted by molar-refractivity contribution is -0.134. The number of hydrogen-bond donors (Lipinski definition) is 0. The fourth-order valence-electron chi connectivity index (χ4n) is 3.74. The molecular weight excluding hydrogens is 241 g/mol. The zero-order valence-electron chi connectivity index (χ0n) is 11.5. The Morgan fingerprint density at radius 1 is 1.37 bits per heavy atom. The van der Waals surface area contributed by atoms with Gasteiger partial charge in [-0.3, -0.25) is 4.79 Å². The molecule has 2 aliphatic rings. The number of amides is 1. The van der Waals surface area contributed by atoms with E-state index in [4.69, 9.17) is 0 Å². The minimum Gasteiger partial charge on any atom is -0.335 e. The standard InChI is InChI=1S/C16H20FNO/c1-11(12-6-4-3-5-7-12)18-10-16(2)9-8-13(17)14(16)15(18)19/h3-7,11,13-14H,8-10H2,1-2H3/t11-,13-,14-,16+/m1/s1. The lowest BCUT2D eigenvalue weighted by atomic mass is 9.82. The number of carbonyl (C=O) groups is 1. The van der Waals surface area contributed by atoms with Crippen molar-refractivity contribution in [2.24, 2.45) is 11.3 Å². The van der Waals surface area contributed by atoms with Gasteiger partial charge in [0.1, 0.15) is 6.17 Å². The maximum absolute atomic E-state index is 14.0. The zero-order valence-corrected chi connectivity index (χ0v) is 11.5. The minimum atomic E-state index is -0.953. The van der Waals surface area contributed by atoms with Crippen LogP contribution in [0.25, 0.3) is 0 Å². The highest BCUT2D eigenvalue weighted by Gasteiger charge is 2.57. The van der Waals surface area contributed by atoms with Crippen molar-refractivity contribution in [3.63, 3.8) is 0 Å². The van der Waals surface area contributed by atoms with E-state index in [2.05, 4.69) is 6.92 Å². The van der Waals surface area contributed by atoms with Crippen LogP contribution in [0.2, 0.25) is 0 Å². The average Bonchev–Trinajstić information content (AvgIpc) is 2.85. The number of fused-ring (bicyclic) bond motifs is 1. The van der Waals surface area contributed by atoms with Gasteiger partial charge in [0.25, 0.3) is 0 Å². The Balaban J connectivity index is 1.86. The maximum atomic E-state index is 14.0. The molecule has 1 saturated carbocycles. The highest BCUT2D eigenvalue weighted by molar-refractivity contribution is 5.83. The Hall–Kier alpha value is -1.38. The van der Waals surface area contributed by atoms with Crippen LogP contribution in [0.4, 0.5) is 4.39 Å². The fourth-order valence-corrected chi connectivity index (χ4v) is 3.74. The van der Waals surface area contributed by atoms with Gasteiger partial charge in [-0.2, -0.15) is 0 Å². The number of nitrogens with zero attached hydrogens (tertiary/aromatic N) is 1. The van der Waals surface area contributed by atoms with Gasteiger partial charge in [-0.15, -0.1) is 0 Å². The molecule has 1 heterocycles. The summed E-state index contributed by atoms with van der Waals surface area (Å²) in [5.74, 6) is -0.414. The monoisotopic (exact) mass is 261 g/mol. The number of benzene rings is 1. The van der Waals surface area contributed by atoms with Gasteiger partial charge >= 0.3 is 0 Å². The van der Waals surface area contributed by atoms with Crippen LogP contribution in [0.5, 0.6) is 0 Å². The van der Waals surface area contributed by atoms with E-state index in [0.717, 1.165) is 12.0 Å². The van der Waals surface area contributed by atoms with E-state index in [0.29, 0.717) is 13.0 Å². The van der Waals surface area contributed by atoms with E-state index in [1.807, 2.05) is 42.2 Å². The summed E-state index contributed by atoms with van der Waals surface area (Å²) in [4.78, 5) is 14.4. The summed E-state index contributed by atoms with van der Waals surface area (Å²) >= 11 is 0. The van der Waals surface area contributed by atoms with Crippen molar-refractivity contribution >= 4 is 5.91 Å². The molecule has 1 aromatic rings. The van der Waals surface area contributed by atoms with Crippen molar-refractivity contribution in [3.8, 4) is 0 Å². The van der Waals surface area contributed by atoms with Crippen LogP contribution in [0.3, 0.4) is 0 Å². The molecule has 4 atom stereocenters. The van der Waals surface area contributed by atoms with E-state index in [1.165, 1.54) is 0 Å². The lowest BCUT2D eigenvalue weighted by Gasteiger charge is -2.27. The van der Waals surface area contributed by atoms with E-state index in [9.17, 15) is 9.18 Å². The Bertz CT molecular complexity index is 489. The smallest absolute Gasteiger partial charge is 0.229 e. The first-order valence-corrected chi connectivity index (χ1v) is 7.02. The summed E-state index contributed by atoms with van der Waals surface area (Å²) < 4.78 is 14.0. The molecule has 0 radical (unpaired) electrons. The van der Waals surface area contributed by atoms with Gasteiger partial charge in [0.15, 0.2) is 0 Å². The highest BCUT2D eigenvalue weighted by Crippen LogP contribution is 2.51. The average molecular weight is 261 g/mol. The molecule has 102 valence electrons. The van der Waals surface area contributed by atoms with Crippen molar-refractivity contribution in [3.05, 3.63) is 35.9 Å². The molecule has 2 nitrogen and oxygen atoms in total. The van der Waals surface area contributed by atoms with Gasteiger partial charge in [-0.25, -0.2) is 4.39 Å². The molecule has 0 spiro atoms. The summed E-state index contributed by atoms with van der Waals surface area (Å²) in [5, 5.41) is 0. The third-order valence-electron chi connectivity index (χ3n) is 4.93. The predicted molar refractivity (Wildman–Crippen MR) is 72.3 cm³/mol. The maximum Gasteiger partial charge on any atom is 0.229 e. The van der Waals surface area contributed by atoms with Crippen molar-refractivity contribution in [2.75, 3.05) is 6.54 Å². The van der Waals surface area contributed by atoms with Gasteiger partial charge in [-0.1, -0.05) is 37.3 Å². The van der Waals surface area contributed by atoms with E-state index >= 15 is 0 Å². The number of rotatable bonds is 2. The number of hydrogen-bond acceptors (Lipinski definition) is 1. The Labute approximate surface area is 113 Å². The first-order valence-electron chi connectivity index (χ1n) is 7.02. The summed E-state index contributed by atoms with van der Waals surface area (Å²) in [6.45, 7) is 4.78. The zero-order chi connectivity index (χ0) is 13.6. The first-order chi connectivity index (χ1) is 9.03. The number of halogens is 1. The number of likely N-dealkylation sites (tertiary alicyclic amines) is 1. The summed E-state index contributed by atoms with van der Waals surface area (Å²) in [5.41, 5.74) is 0.953. The molecule has 1 aliphatic carbocycles. The molecule has 0 aromatic heterocycles. The van der Waals surface area contributed by atoms with Crippen molar-refractivity contribution in [2.45, 2.75) is 38.9 Å². The van der Waals surface area contributed by atoms with Crippen LogP contribution in [-0.2, 0) is 4.79 Å². The molecule has 3 rings (SSSR count). The SMILES string of the molecule is C[C@H](c1ccccc1)N1C[C@]2(C)CC[C@@H](F)[C@@H]2C1=O. The Morgan fingerprint density at radius 2 is 2.05 bits per heavy atom. The third-order valence-corrected chi connectivity index (χ3v) is 4.93. The van der Waals surface area contributed by atoms with Crippen molar-refractivity contribution in [1.29, 1.82) is 0 Å². The van der Waals surface area contributed by atoms with Crippen LogP contribution in [0, 0.1) is 11.3 Å². The largest absolute Gasteiger partial charge is 0.335 e. The summed E-state index contributed by atoms with van der Waals surface area (Å²) in [6.07, 6.45) is 0.411. The summed E-state index contributed by atoms with van der Waals surface area (Å²) in [7, 11) is 0. The normalized spacial score (nSPS) is 35.5. The van der Waals surface area contributed by atoms with Crippen molar-refractivity contribution in [1.82, 2.24) is 4.90 Å². The molecule has 3 heteroatoms. The van der Waals surface area contributed by atoms with E-state index < -0.39 is 12.1 Å². The van der Waals surface area contributed by atoms with Crippen LogP contribution < -0.4 is 0 Å². The molecule has 0 N–H and O–H groups in total. The van der Waals surface area contributed by atoms with Gasteiger partial charge in [0, 0.05) is 6.54 Å². The molecule has 19 heavy (non-hydrogen) atoms. The Kier molecular flexibility index (Phi) is 2.88. The quantitative estimate of drug-likeness (QED) is 0.799. The molecule has 1 aromatic carbocycles. The predicted octanol–water partition coefficient (Wildman–Crippen LogP) is 3.34. The van der Waals surface area contributed by atoms with Gasteiger partial charge < -0.3 is 4.90 Å². The van der Waals surface area contributed by atoms with Gasteiger partial charge in [-0.05, 0) is 30.7 Å². The fraction of sp³-hybridized carbons (Fsp3) is 0.562. The van der Waals surface area contributed by atoms with Crippen molar-refractivity contribution < 1.29 is 9.18 Å². The third kappa shape index (κ3) is 1.87. The second-order valence-electron chi connectivity index (χ2n) is 6.24. The molecule has 0 bridgehead atoms. The van der Waals surface area contributed by atoms with Gasteiger partial charge in [0.2, 0.25) is 5.91 Å². The second-order valence-corrected chi connectivity index (χ2v) is 6.24. The van der Waals surface area contributed by atoms with Crippen LogP contribution in [0.15, 0.2) is 30.3 Å². The number of carbonyl (C=O) groups excluding carboxylic acids is 1. The van der Waals surface area contributed by atoms with E-state index in [1.54, 1.807) is 0 Å². The summed E-state index contributed by atoms with van der Waals surface area (Å²) in [6, 6.07) is 10.0. The minimum absolute atomic E-state index is 0.00357. The topological polar surface area (TPSA) is 20.3 Å². The van der Waals surface area contributed by atoms with E-state index in [-0.39, 0.29) is 17.4 Å².